The van der Waals surface area contributed by atoms with Crippen LogP contribution in [0.1, 0.15) is 10.4 Å². The summed E-state index contributed by atoms with van der Waals surface area (Å²) in [5.74, 6) is 0.545. The predicted octanol–water partition coefficient (Wildman–Crippen LogP) is 2.05. The first-order chi connectivity index (χ1) is 10.1. The van der Waals surface area contributed by atoms with Gasteiger partial charge in [0.15, 0.2) is 10.9 Å². The largest absolute Gasteiger partial charge is 0.293 e. The van der Waals surface area contributed by atoms with Crippen LogP contribution in [0.4, 0.5) is 0 Å². The second-order valence-electron chi connectivity index (χ2n) is 4.20. The van der Waals surface area contributed by atoms with E-state index in [1.54, 1.807) is 34.9 Å². The molecule has 3 aromatic rings. The Balaban J connectivity index is 1.75. The molecule has 0 unspecified atom stereocenters. The molecule has 6 nitrogen and oxygen atoms in total. The molecule has 0 atom stereocenters. The number of hydrogen-bond donors (Lipinski definition) is 1. The first-order valence-corrected chi connectivity index (χ1v) is 7.35. The van der Waals surface area contributed by atoms with Crippen molar-refractivity contribution >= 4 is 34.9 Å². The summed E-state index contributed by atoms with van der Waals surface area (Å²) in [4.78, 5) is 25.8. The van der Waals surface area contributed by atoms with E-state index < -0.39 is 0 Å². The van der Waals surface area contributed by atoms with E-state index in [0.29, 0.717) is 21.5 Å². The second kappa shape index (κ2) is 5.71. The van der Waals surface area contributed by atoms with Gasteiger partial charge in [0.25, 0.3) is 5.56 Å². The normalized spacial score (nSPS) is 10.9. The molecule has 3 rings (SSSR count). The average molecular weight is 321 g/mol. The third-order valence-corrected chi connectivity index (χ3v) is 3.97. The SMILES string of the molecule is O=C(CSc1nnc2[nH]c(=O)ccn12)c1ccc(Cl)cc1. The Morgan fingerprint density at radius 2 is 2.00 bits per heavy atom. The highest BCUT2D eigenvalue weighted by Gasteiger charge is 2.11. The van der Waals surface area contributed by atoms with E-state index in [4.69, 9.17) is 11.6 Å². The molecule has 0 saturated heterocycles. The third-order valence-electron chi connectivity index (χ3n) is 2.77. The molecule has 0 spiro atoms. The Hall–Kier alpha value is -2.12. The van der Waals surface area contributed by atoms with Crippen molar-refractivity contribution in [3.8, 4) is 0 Å². The van der Waals surface area contributed by atoms with Gasteiger partial charge in [-0.05, 0) is 24.3 Å². The average Bonchev–Trinajstić information content (AvgIpc) is 2.87. The highest BCUT2D eigenvalue weighted by molar-refractivity contribution is 7.99. The van der Waals surface area contributed by atoms with E-state index in [-0.39, 0.29) is 17.1 Å². The van der Waals surface area contributed by atoms with Crippen LogP contribution in [-0.2, 0) is 0 Å². The molecule has 0 saturated carbocycles. The monoisotopic (exact) mass is 320 g/mol. The number of rotatable bonds is 4. The minimum absolute atomic E-state index is 0.0298. The third kappa shape index (κ3) is 2.98. The zero-order chi connectivity index (χ0) is 14.8. The number of Topliss-reactive ketones (excluding diaryl/α,β-unsaturated/α-hetero) is 1. The maximum Gasteiger partial charge on any atom is 0.252 e. The first kappa shape index (κ1) is 13.8. The van der Waals surface area contributed by atoms with Gasteiger partial charge in [0, 0.05) is 22.8 Å². The number of benzene rings is 1. The lowest BCUT2D eigenvalue weighted by Gasteiger charge is -2.00. The number of H-pyrrole nitrogens is 1. The Kier molecular flexibility index (Phi) is 3.76. The quantitative estimate of drug-likeness (QED) is 0.588. The van der Waals surface area contributed by atoms with Crippen molar-refractivity contribution in [1.82, 2.24) is 19.6 Å². The number of nitrogens with one attached hydrogen (secondary N) is 1. The van der Waals surface area contributed by atoms with Gasteiger partial charge in [0.05, 0.1) is 5.75 Å². The molecule has 0 aliphatic rings. The Bertz CT molecular complexity index is 856. The van der Waals surface area contributed by atoms with Crippen molar-refractivity contribution in [1.29, 1.82) is 0 Å². The van der Waals surface area contributed by atoms with Gasteiger partial charge in [-0.1, -0.05) is 23.4 Å². The molecule has 0 radical (unpaired) electrons. The topological polar surface area (TPSA) is 80.1 Å². The van der Waals surface area contributed by atoms with Crippen molar-refractivity contribution in [2.45, 2.75) is 5.16 Å². The lowest BCUT2D eigenvalue weighted by atomic mass is 10.1. The van der Waals surface area contributed by atoms with Crippen molar-refractivity contribution in [2.24, 2.45) is 0 Å². The number of carbonyl (C=O) groups is 1. The number of aromatic nitrogens is 4. The van der Waals surface area contributed by atoms with Gasteiger partial charge in [-0.2, -0.15) is 0 Å². The van der Waals surface area contributed by atoms with Crippen molar-refractivity contribution in [3.05, 3.63) is 57.5 Å². The molecule has 2 heterocycles. The Morgan fingerprint density at radius 1 is 1.24 bits per heavy atom. The summed E-state index contributed by atoms with van der Waals surface area (Å²) in [5, 5.41) is 8.93. The molecule has 0 amide bonds. The number of thioether (sulfide) groups is 1. The highest BCUT2D eigenvalue weighted by Crippen LogP contribution is 2.18. The number of carbonyl (C=O) groups excluding carboxylic acids is 1. The molecule has 1 aromatic carbocycles. The van der Waals surface area contributed by atoms with E-state index in [0.717, 1.165) is 0 Å². The van der Waals surface area contributed by atoms with Crippen molar-refractivity contribution in [3.63, 3.8) is 0 Å². The fourth-order valence-corrected chi connectivity index (χ4v) is 2.68. The van der Waals surface area contributed by atoms with E-state index in [9.17, 15) is 9.59 Å². The smallest absolute Gasteiger partial charge is 0.252 e. The number of hydrogen-bond acceptors (Lipinski definition) is 5. The van der Waals surface area contributed by atoms with Gasteiger partial charge < -0.3 is 0 Å². The standard InChI is InChI=1S/C13H9ClN4O2S/c14-9-3-1-8(2-4-9)10(19)7-21-13-17-16-12-15-11(20)5-6-18(12)13/h1-6H,7H2,(H,15,16,20). The summed E-state index contributed by atoms with van der Waals surface area (Å²) < 4.78 is 1.63. The van der Waals surface area contributed by atoms with E-state index in [1.807, 2.05) is 0 Å². The summed E-state index contributed by atoms with van der Waals surface area (Å²) >= 11 is 7.04. The van der Waals surface area contributed by atoms with E-state index in [1.165, 1.54) is 17.8 Å². The molecule has 0 aliphatic heterocycles. The molecular weight excluding hydrogens is 312 g/mol. The van der Waals surface area contributed by atoms with Gasteiger partial charge in [-0.15, -0.1) is 10.2 Å². The number of nitrogens with zero attached hydrogens (tertiary/aromatic N) is 3. The van der Waals surface area contributed by atoms with Crippen LogP contribution in [0.15, 0.2) is 46.5 Å². The Labute approximate surface area is 128 Å². The summed E-state index contributed by atoms with van der Waals surface area (Å²) in [6.45, 7) is 0. The summed E-state index contributed by atoms with van der Waals surface area (Å²) in [6.07, 6.45) is 1.57. The summed E-state index contributed by atoms with van der Waals surface area (Å²) in [5.41, 5.74) is 0.345. The Morgan fingerprint density at radius 3 is 2.76 bits per heavy atom. The van der Waals surface area contributed by atoms with Gasteiger partial charge in [-0.25, -0.2) is 0 Å². The minimum atomic E-state index is -0.247. The van der Waals surface area contributed by atoms with Gasteiger partial charge in [0.1, 0.15) is 0 Å². The van der Waals surface area contributed by atoms with Gasteiger partial charge in [-0.3, -0.25) is 19.0 Å². The van der Waals surface area contributed by atoms with Gasteiger partial charge >= 0.3 is 0 Å². The molecule has 1 N–H and O–H groups in total. The van der Waals surface area contributed by atoms with Crippen LogP contribution in [0.5, 0.6) is 0 Å². The van der Waals surface area contributed by atoms with Crippen LogP contribution in [0.2, 0.25) is 5.02 Å². The summed E-state index contributed by atoms with van der Waals surface area (Å²) in [6, 6.07) is 8.10. The van der Waals surface area contributed by atoms with Gasteiger partial charge in [0.2, 0.25) is 5.78 Å². The predicted molar refractivity (Wildman–Crippen MR) is 80.1 cm³/mol. The fourth-order valence-electron chi connectivity index (χ4n) is 1.74. The maximum absolute atomic E-state index is 12.1. The lowest BCUT2D eigenvalue weighted by molar-refractivity contribution is 0.102. The zero-order valence-electron chi connectivity index (χ0n) is 10.6. The molecule has 8 heteroatoms. The number of halogens is 1. The molecular formula is C13H9ClN4O2S. The van der Waals surface area contributed by atoms with E-state index >= 15 is 0 Å². The molecule has 2 aromatic heterocycles. The molecule has 0 aliphatic carbocycles. The molecule has 0 bridgehead atoms. The number of aromatic amines is 1. The van der Waals surface area contributed by atoms with Crippen LogP contribution >= 0.6 is 23.4 Å². The van der Waals surface area contributed by atoms with Crippen LogP contribution < -0.4 is 5.56 Å². The second-order valence-corrected chi connectivity index (χ2v) is 5.58. The van der Waals surface area contributed by atoms with Crippen LogP contribution in [0.25, 0.3) is 5.78 Å². The highest BCUT2D eigenvalue weighted by atomic mass is 35.5. The van der Waals surface area contributed by atoms with Crippen LogP contribution in [-0.4, -0.2) is 31.1 Å². The van der Waals surface area contributed by atoms with Crippen molar-refractivity contribution in [2.75, 3.05) is 5.75 Å². The zero-order valence-corrected chi connectivity index (χ0v) is 12.2. The number of ketones is 1. The summed E-state index contributed by atoms with van der Waals surface area (Å²) in [7, 11) is 0. The minimum Gasteiger partial charge on any atom is -0.293 e. The lowest BCUT2D eigenvalue weighted by Crippen LogP contribution is -2.06. The first-order valence-electron chi connectivity index (χ1n) is 5.99. The fraction of sp³-hybridized carbons (Fsp3) is 0.0769. The molecule has 21 heavy (non-hydrogen) atoms. The maximum atomic E-state index is 12.1. The molecule has 0 fully saturated rings. The van der Waals surface area contributed by atoms with E-state index in [2.05, 4.69) is 15.2 Å². The molecule has 106 valence electrons. The van der Waals surface area contributed by atoms with Crippen LogP contribution in [0.3, 0.4) is 0 Å². The number of fused-ring (bicyclic) bond motifs is 1. The van der Waals surface area contributed by atoms with Crippen molar-refractivity contribution < 1.29 is 4.79 Å². The van der Waals surface area contributed by atoms with Crippen LogP contribution in [0, 0.1) is 0 Å².